The van der Waals surface area contributed by atoms with Crippen LogP contribution in [0.25, 0.3) is 0 Å². The molecule has 0 fully saturated rings. The van der Waals surface area contributed by atoms with Gasteiger partial charge in [-0.05, 0) is 37.0 Å². The SMILES string of the molecule is CCCCCOC(=O)OCC[C@@](N)(Cc1ccc(OC(=O)C(C)CC)c(OC(=O)C(C)CC)c1)C(=O)OC. The first-order valence-corrected chi connectivity index (χ1v) is 13.2. The van der Waals surface area contributed by atoms with E-state index >= 15 is 0 Å². The number of nitrogens with two attached hydrogens (primary N) is 1. The van der Waals surface area contributed by atoms with Crippen molar-refractivity contribution in [1.29, 1.82) is 0 Å². The van der Waals surface area contributed by atoms with Crippen molar-refractivity contribution in [2.45, 2.75) is 85.1 Å². The second-order valence-electron chi connectivity index (χ2n) is 9.47. The lowest BCUT2D eigenvalue weighted by Gasteiger charge is -2.26. The monoisotopic (exact) mass is 537 g/mol. The average Bonchev–Trinajstić information content (AvgIpc) is 2.90. The highest BCUT2D eigenvalue weighted by molar-refractivity contribution is 5.81. The smallest absolute Gasteiger partial charge is 0.468 e. The second kappa shape index (κ2) is 16.7. The Morgan fingerprint density at radius 2 is 1.45 bits per heavy atom. The zero-order valence-electron chi connectivity index (χ0n) is 23.5. The van der Waals surface area contributed by atoms with E-state index in [1.54, 1.807) is 19.9 Å². The molecule has 214 valence electrons. The van der Waals surface area contributed by atoms with Crippen LogP contribution in [0.3, 0.4) is 0 Å². The van der Waals surface area contributed by atoms with Crippen LogP contribution in [0.15, 0.2) is 18.2 Å². The van der Waals surface area contributed by atoms with E-state index in [0.717, 1.165) is 19.3 Å². The van der Waals surface area contributed by atoms with Gasteiger partial charge in [0, 0.05) is 12.8 Å². The Bertz CT molecular complexity index is 933. The normalized spacial score (nSPS) is 14.0. The Labute approximate surface area is 225 Å². The summed E-state index contributed by atoms with van der Waals surface area (Å²) >= 11 is 0. The molecular weight excluding hydrogens is 494 g/mol. The number of hydrogen-bond acceptors (Lipinski definition) is 10. The van der Waals surface area contributed by atoms with Crippen LogP contribution >= 0.6 is 0 Å². The van der Waals surface area contributed by atoms with E-state index < -0.39 is 29.6 Å². The van der Waals surface area contributed by atoms with Crippen LogP contribution in [0.2, 0.25) is 0 Å². The maximum absolute atomic E-state index is 12.6. The van der Waals surface area contributed by atoms with Crippen molar-refractivity contribution in [3.63, 3.8) is 0 Å². The molecule has 0 amide bonds. The lowest BCUT2D eigenvalue weighted by atomic mass is 9.88. The molecule has 10 nitrogen and oxygen atoms in total. The van der Waals surface area contributed by atoms with Crippen molar-refractivity contribution < 1.29 is 42.9 Å². The van der Waals surface area contributed by atoms with Crippen LogP contribution in [0.4, 0.5) is 4.79 Å². The summed E-state index contributed by atoms with van der Waals surface area (Å²) < 4.78 is 26.1. The van der Waals surface area contributed by atoms with Gasteiger partial charge in [0.05, 0.1) is 32.2 Å². The van der Waals surface area contributed by atoms with Gasteiger partial charge in [-0.2, -0.15) is 0 Å². The highest BCUT2D eigenvalue weighted by Gasteiger charge is 2.36. The first-order chi connectivity index (χ1) is 18.0. The predicted octanol–water partition coefficient (Wildman–Crippen LogP) is 4.74. The molecule has 1 aromatic carbocycles. The summed E-state index contributed by atoms with van der Waals surface area (Å²) in [6.45, 7) is 9.31. The molecule has 0 aliphatic heterocycles. The molecule has 2 N–H and O–H groups in total. The van der Waals surface area contributed by atoms with Crippen molar-refractivity contribution in [2.75, 3.05) is 20.3 Å². The summed E-state index contributed by atoms with van der Waals surface area (Å²) in [6.07, 6.45) is 2.91. The molecule has 0 saturated heterocycles. The van der Waals surface area contributed by atoms with E-state index in [9.17, 15) is 19.2 Å². The quantitative estimate of drug-likeness (QED) is 0.179. The van der Waals surface area contributed by atoms with E-state index in [4.69, 9.17) is 29.4 Å². The second-order valence-corrected chi connectivity index (χ2v) is 9.47. The van der Waals surface area contributed by atoms with E-state index in [1.807, 2.05) is 20.8 Å². The maximum Gasteiger partial charge on any atom is 0.508 e. The van der Waals surface area contributed by atoms with Gasteiger partial charge in [-0.25, -0.2) is 4.79 Å². The summed E-state index contributed by atoms with van der Waals surface area (Å²) in [5, 5.41) is 0. The molecule has 0 spiro atoms. The molecule has 3 atom stereocenters. The predicted molar refractivity (Wildman–Crippen MR) is 141 cm³/mol. The first kappa shape index (κ1) is 32.9. The molecule has 0 heterocycles. The fourth-order valence-electron chi connectivity index (χ4n) is 3.27. The third-order valence-corrected chi connectivity index (χ3v) is 6.31. The number of rotatable bonds is 16. The molecule has 0 aliphatic carbocycles. The van der Waals surface area contributed by atoms with Gasteiger partial charge >= 0.3 is 24.1 Å². The van der Waals surface area contributed by atoms with E-state index in [1.165, 1.54) is 19.2 Å². The van der Waals surface area contributed by atoms with Gasteiger partial charge in [-0.15, -0.1) is 0 Å². The van der Waals surface area contributed by atoms with E-state index in [0.29, 0.717) is 18.4 Å². The number of carbonyl (C=O) groups is 4. The first-order valence-electron chi connectivity index (χ1n) is 13.2. The highest BCUT2D eigenvalue weighted by Crippen LogP contribution is 2.32. The average molecular weight is 538 g/mol. The van der Waals surface area contributed by atoms with Crippen LogP contribution < -0.4 is 15.2 Å². The van der Waals surface area contributed by atoms with Crippen molar-refractivity contribution in [3.05, 3.63) is 23.8 Å². The van der Waals surface area contributed by atoms with Gasteiger partial charge in [0.2, 0.25) is 0 Å². The van der Waals surface area contributed by atoms with Gasteiger partial charge in [-0.3, -0.25) is 14.4 Å². The van der Waals surface area contributed by atoms with Gasteiger partial charge in [0.1, 0.15) is 5.54 Å². The molecule has 0 aliphatic rings. The number of methoxy groups -OCH3 is 1. The zero-order chi connectivity index (χ0) is 28.7. The fraction of sp³-hybridized carbons (Fsp3) is 0.643. The Hall–Kier alpha value is -3.14. The van der Waals surface area contributed by atoms with Crippen molar-refractivity contribution in [2.24, 2.45) is 17.6 Å². The molecular formula is C28H43NO9. The van der Waals surface area contributed by atoms with Gasteiger partial charge in [0.25, 0.3) is 0 Å². The Kier molecular flexibility index (Phi) is 14.4. The van der Waals surface area contributed by atoms with Crippen LogP contribution in [0, 0.1) is 11.8 Å². The largest absolute Gasteiger partial charge is 0.508 e. The van der Waals surface area contributed by atoms with Crippen molar-refractivity contribution >= 4 is 24.1 Å². The summed E-state index contributed by atoms with van der Waals surface area (Å²) in [5.41, 5.74) is 5.38. The van der Waals surface area contributed by atoms with Gasteiger partial charge in [-0.1, -0.05) is 53.5 Å². The molecule has 1 rings (SSSR count). The molecule has 0 saturated carbocycles. The number of esters is 3. The molecule has 0 radical (unpaired) electrons. The maximum atomic E-state index is 12.6. The van der Waals surface area contributed by atoms with E-state index in [-0.39, 0.29) is 49.4 Å². The van der Waals surface area contributed by atoms with Crippen LogP contribution in [-0.4, -0.2) is 49.9 Å². The number of unbranched alkanes of at least 4 members (excludes halogenated alkanes) is 2. The van der Waals surface area contributed by atoms with Crippen LogP contribution in [0.1, 0.15) is 78.7 Å². The summed E-state index contributed by atoms with van der Waals surface area (Å²) in [7, 11) is 1.21. The standard InChI is InChI=1S/C28H43NO9/c1-7-10-11-15-35-27(33)36-16-14-28(29,26(32)34-6)18-21-12-13-22(37-24(30)19(4)8-2)23(17-21)38-25(31)20(5)9-3/h12-13,17,19-20H,7-11,14-16,18,29H2,1-6H3/t19?,20?,28-/m1/s1. The number of ether oxygens (including phenoxy) is 5. The molecule has 10 heteroatoms. The summed E-state index contributed by atoms with van der Waals surface area (Å²) in [4.78, 5) is 49.3. The van der Waals surface area contributed by atoms with Gasteiger partial charge in [0.15, 0.2) is 11.5 Å². The minimum Gasteiger partial charge on any atom is -0.468 e. The number of carbonyl (C=O) groups excluding carboxylic acids is 4. The minimum atomic E-state index is -1.55. The lowest BCUT2D eigenvalue weighted by Crippen LogP contribution is -2.51. The Morgan fingerprint density at radius 1 is 0.868 bits per heavy atom. The topological polar surface area (TPSA) is 140 Å². The summed E-state index contributed by atoms with van der Waals surface area (Å²) in [6, 6.07) is 4.62. The summed E-state index contributed by atoms with van der Waals surface area (Å²) in [5.74, 6) is -2.23. The highest BCUT2D eigenvalue weighted by atomic mass is 16.7. The van der Waals surface area contributed by atoms with E-state index in [2.05, 4.69) is 0 Å². The third kappa shape index (κ3) is 10.7. The number of benzene rings is 1. The molecule has 0 bridgehead atoms. The zero-order valence-corrected chi connectivity index (χ0v) is 23.5. The fourth-order valence-corrected chi connectivity index (χ4v) is 3.27. The molecule has 38 heavy (non-hydrogen) atoms. The third-order valence-electron chi connectivity index (χ3n) is 6.31. The minimum absolute atomic E-state index is 0.0257. The molecule has 0 aromatic heterocycles. The van der Waals surface area contributed by atoms with Gasteiger partial charge < -0.3 is 29.4 Å². The van der Waals surface area contributed by atoms with Crippen LogP contribution in [0.5, 0.6) is 11.5 Å². The molecule has 1 aromatic rings. The van der Waals surface area contributed by atoms with Crippen molar-refractivity contribution in [1.82, 2.24) is 0 Å². The number of hydrogen-bond donors (Lipinski definition) is 1. The Morgan fingerprint density at radius 3 is 2.00 bits per heavy atom. The van der Waals surface area contributed by atoms with Crippen LogP contribution in [-0.2, 0) is 35.0 Å². The Balaban J connectivity index is 3.09. The molecule has 2 unspecified atom stereocenters. The lowest BCUT2D eigenvalue weighted by molar-refractivity contribution is -0.148. The van der Waals surface area contributed by atoms with Crippen molar-refractivity contribution in [3.8, 4) is 11.5 Å².